The minimum atomic E-state index is -6.57. The first kappa shape index (κ1) is 27.3. The van der Waals surface area contributed by atoms with Gasteiger partial charge in [0.05, 0.1) is 0 Å². The van der Waals surface area contributed by atoms with Gasteiger partial charge in [-0.2, -0.15) is 52.7 Å². The van der Waals surface area contributed by atoms with Crippen LogP contribution >= 0.6 is 0 Å². The fourth-order valence-electron chi connectivity index (χ4n) is 2.69. The molecule has 1 unspecified atom stereocenters. The molecule has 0 aliphatic heterocycles. The molecule has 0 fully saturated rings. The molecular formula is C17H16F12O2. The standard InChI is InChI=1S/C17H16F12O2/c1-7(2)8(3)9-4-10(12(30,14(18,19)20)15(21,22)23)6-11(5-9)13(31,16(24,25)26)17(27,28)29/h4-8,30-31H,1-3H3. The first-order chi connectivity index (χ1) is 13.4. The third-order valence-electron chi connectivity index (χ3n) is 4.96. The molecule has 0 aromatic heterocycles. The topological polar surface area (TPSA) is 40.5 Å². The third kappa shape index (κ3) is 4.45. The van der Waals surface area contributed by atoms with E-state index in [1.807, 2.05) is 0 Å². The van der Waals surface area contributed by atoms with E-state index in [0.29, 0.717) is 0 Å². The Morgan fingerprint density at radius 2 is 0.806 bits per heavy atom. The average molecular weight is 480 g/mol. The first-order valence-electron chi connectivity index (χ1n) is 8.30. The largest absolute Gasteiger partial charge is 0.430 e. The molecule has 31 heavy (non-hydrogen) atoms. The van der Waals surface area contributed by atoms with Crippen molar-refractivity contribution in [2.45, 2.75) is 62.6 Å². The molecule has 14 heteroatoms. The van der Waals surface area contributed by atoms with Crippen LogP contribution in [-0.2, 0) is 11.2 Å². The lowest BCUT2D eigenvalue weighted by atomic mass is 9.80. The summed E-state index contributed by atoms with van der Waals surface area (Å²) in [6.07, 6.45) is -26.3. The van der Waals surface area contributed by atoms with Crippen LogP contribution in [0.5, 0.6) is 0 Å². The maximum Gasteiger partial charge on any atom is 0.430 e. The van der Waals surface area contributed by atoms with E-state index in [2.05, 4.69) is 0 Å². The highest BCUT2D eigenvalue weighted by molar-refractivity contribution is 5.41. The molecule has 1 aromatic carbocycles. The molecule has 1 atom stereocenters. The molecule has 0 heterocycles. The summed E-state index contributed by atoms with van der Waals surface area (Å²) in [4.78, 5) is 0. The molecule has 1 aromatic rings. The minimum Gasteiger partial charge on any atom is -0.369 e. The SMILES string of the molecule is CC(C)C(C)c1cc(C(O)(C(F)(F)F)C(F)(F)F)cc(C(O)(C(F)(F)F)C(F)(F)F)c1. The van der Waals surface area contributed by atoms with Crippen molar-refractivity contribution in [1.29, 1.82) is 0 Å². The van der Waals surface area contributed by atoms with E-state index in [9.17, 15) is 62.9 Å². The van der Waals surface area contributed by atoms with Crippen molar-refractivity contribution < 1.29 is 62.9 Å². The number of halogens is 12. The van der Waals surface area contributed by atoms with Gasteiger partial charge >= 0.3 is 24.7 Å². The number of rotatable bonds is 4. The zero-order valence-corrected chi connectivity index (χ0v) is 15.8. The monoisotopic (exact) mass is 480 g/mol. The van der Waals surface area contributed by atoms with Crippen LogP contribution < -0.4 is 0 Å². The predicted molar refractivity (Wildman–Crippen MR) is 81.7 cm³/mol. The van der Waals surface area contributed by atoms with E-state index in [0.717, 1.165) is 6.92 Å². The highest BCUT2D eigenvalue weighted by atomic mass is 19.4. The number of aliphatic hydroxyl groups is 2. The average Bonchev–Trinajstić information content (AvgIpc) is 2.54. The maximum absolute atomic E-state index is 13.2. The van der Waals surface area contributed by atoms with Gasteiger partial charge in [-0.25, -0.2) is 0 Å². The summed E-state index contributed by atoms with van der Waals surface area (Å²) in [5.41, 5.74) is -17.1. The van der Waals surface area contributed by atoms with Gasteiger partial charge in [-0.15, -0.1) is 0 Å². The van der Waals surface area contributed by atoms with Gasteiger partial charge < -0.3 is 10.2 Å². The lowest BCUT2D eigenvalue weighted by Crippen LogP contribution is -2.56. The Kier molecular flexibility index (Phi) is 6.80. The predicted octanol–water partition coefficient (Wildman–Crippen LogP) is 6.07. The number of benzene rings is 1. The van der Waals surface area contributed by atoms with E-state index >= 15 is 0 Å². The van der Waals surface area contributed by atoms with E-state index < -0.39 is 70.5 Å². The second kappa shape index (κ2) is 7.71. The molecular weight excluding hydrogens is 464 g/mol. The summed E-state index contributed by atoms with van der Waals surface area (Å²) in [6.45, 7) is 3.81. The van der Waals surface area contributed by atoms with Crippen molar-refractivity contribution in [1.82, 2.24) is 0 Å². The fourth-order valence-corrected chi connectivity index (χ4v) is 2.69. The van der Waals surface area contributed by atoms with E-state index in [1.54, 1.807) is 0 Å². The zero-order valence-electron chi connectivity index (χ0n) is 15.8. The van der Waals surface area contributed by atoms with Gasteiger partial charge in [0.1, 0.15) is 0 Å². The van der Waals surface area contributed by atoms with Gasteiger partial charge in [-0.05, 0) is 23.5 Å². The number of hydrogen-bond acceptors (Lipinski definition) is 2. The Balaban J connectivity index is 4.17. The van der Waals surface area contributed by atoms with E-state index in [1.165, 1.54) is 13.8 Å². The third-order valence-corrected chi connectivity index (χ3v) is 4.96. The van der Waals surface area contributed by atoms with E-state index in [-0.39, 0.29) is 12.1 Å². The zero-order chi connectivity index (χ0) is 25.0. The van der Waals surface area contributed by atoms with Gasteiger partial charge in [-0.3, -0.25) is 0 Å². The van der Waals surface area contributed by atoms with Crippen LogP contribution in [0.15, 0.2) is 18.2 Å². The van der Waals surface area contributed by atoms with Crippen molar-refractivity contribution in [2.24, 2.45) is 5.92 Å². The Morgan fingerprint density at radius 1 is 0.548 bits per heavy atom. The molecule has 2 N–H and O–H groups in total. The smallest absolute Gasteiger partial charge is 0.369 e. The number of alkyl halides is 12. The van der Waals surface area contributed by atoms with Crippen molar-refractivity contribution >= 4 is 0 Å². The highest BCUT2D eigenvalue weighted by Crippen LogP contribution is 2.54. The summed E-state index contributed by atoms with van der Waals surface area (Å²) in [5, 5.41) is 19.0. The molecule has 1 rings (SSSR count). The molecule has 0 radical (unpaired) electrons. The van der Waals surface area contributed by atoms with Crippen LogP contribution in [0, 0.1) is 5.92 Å². The Morgan fingerprint density at radius 3 is 1.00 bits per heavy atom. The molecule has 0 saturated carbocycles. The Labute approximate surface area is 167 Å². The van der Waals surface area contributed by atoms with Crippen LogP contribution in [0.2, 0.25) is 0 Å². The Bertz CT molecular complexity index is 702. The van der Waals surface area contributed by atoms with Crippen LogP contribution in [0.4, 0.5) is 52.7 Å². The number of hydrogen-bond donors (Lipinski definition) is 2. The second-order valence-electron chi connectivity index (χ2n) is 7.29. The minimum absolute atomic E-state index is 0.0162. The van der Waals surface area contributed by atoms with Gasteiger partial charge in [0.25, 0.3) is 11.2 Å². The normalized spacial score (nSPS) is 16.1. The fraction of sp³-hybridized carbons (Fsp3) is 0.647. The molecule has 0 amide bonds. The van der Waals surface area contributed by atoms with Gasteiger partial charge in [-0.1, -0.05) is 32.9 Å². The molecule has 0 spiro atoms. The Hall–Kier alpha value is -1.70. The second-order valence-corrected chi connectivity index (χ2v) is 7.29. The van der Waals surface area contributed by atoms with E-state index in [4.69, 9.17) is 0 Å². The lowest BCUT2D eigenvalue weighted by Gasteiger charge is -2.36. The summed E-state index contributed by atoms with van der Waals surface area (Å²) in [7, 11) is 0. The highest BCUT2D eigenvalue weighted by Gasteiger charge is 2.74. The van der Waals surface area contributed by atoms with Crippen molar-refractivity contribution in [3.8, 4) is 0 Å². The van der Waals surface area contributed by atoms with Crippen LogP contribution in [0.3, 0.4) is 0 Å². The molecule has 180 valence electrons. The summed E-state index contributed by atoms with van der Waals surface area (Å²) in [6, 6.07) is -0.761. The van der Waals surface area contributed by atoms with Crippen LogP contribution in [0.1, 0.15) is 43.4 Å². The quantitative estimate of drug-likeness (QED) is 0.514. The van der Waals surface area contributed by atoms with Gasteiger partial charge in [0.15, 0.2) is 0 Å². The molecule has 0 bridgehead atoms. The summed E-state index contributed by atoms with van der Waals surface area (Å²) >= 11 is 0. The molecule has 2 nitrogen and oxygen atoms in total. The molecule has 0 aliphatic rings. The van der Waals surface area contributed by atoms with Crippen molar-refractivity contribution in [2.75, 3.05) is 0 Å². The summed E-state index contributed by atoms with van der Waals surface area (Å²) < 4.78 is 158. The van der Waals surface area contributed by atoms with Crippen LogP contribution in [-0.4, -0.2) is 34.9 Å². The van der Waals surface area contributed by atoms with Crippen LogP contribution in [0.25, 0.3) is 0 Å². The first-order valence-corrected chi connectivity index (χ1v) is 8.30. The molecule has 0 saturated heterocycles. The lowest BCUT2D eigenvalue weighted by molar-refractivity contribution is -0.378. The molecule has 0 aliphatic carbocycles. The maximum atomic E-state index is 13.2. The van der Waals surface area contributed by atoms with Crippen molar-refractivity contribution in [3.05, 3.63) is 34.9 Å². The van der Waals surface area contributed by atoms with Gasteiger partial charge in [0.2, 0.25) is 0 Å². The van der Waals surface area contributed by atoms with Gasteiger partial charge in [0, 0.05) is 11.1 Å². The summed E-state index contributed by atoms with van der Waals surface area (Å²) in [5.74, 6) is -1.83. The van der Waals surface area contributed by atoms with Crippen molar-refractivity contribution in [3.63, 3.8) is 0 Å².